The molecule has 0 radical (unpaired) electrons. The summed E-state index contributed by atoms with van der Waals surface area (Å²) < 4.78 is 0. The molecule has 1 atom stereocenters. The molecule has 90 valence electrons. The molecule has 0 aromatic rings. The highest BCUT2D eigenvalue weighted by atomic mass is 15.2. The van der Waals surface area contributed by atoms with Crippen LogP contribution >= 0.6 is 0 Å². The molecule has 0 saturated carbocycles. The topological polar surface area (TPSA) is 29.3 Å². The second-order valence-corrected chi connectivity index (χ2v) is 5.19. The van der Waals surface area contributed by atoms with E-state index in [1.807, 2.05) is 0 Å². The zero-order valence-corrected chi connectivity index (χ0v) is 10.8. The Labute approximate surface area is 95.2 Å². The van der Waals surface area contributed by atoms with E-state index in [1.165, 1.54) is 45.3 Å². The molecule has 1 rings (SSSR count). The predicted octanol–water partition coefficient (Wildman–Crippen LogP) is 2.48. The van der Waals surface area contributed by atoms with Crippen molar-refractivity contribution in [2.45, 2.75) is 46.5 Å². The van der Waals surface area contributed by atoms with Gasteiger partial charge < -0.3 is 10.6 Å². The van der Waals surface area contributed by atoms with Crippen molar-refractivity contribution in [3.05, 3.63) is 0 Å². The molecule has 0 bridgehead atoms. The van der Waals surface area contributed by atoms with Gasteiger partial charge in [-0.2, -0.15) is 0 Å². The molecule has 1 unspecified atom stereocenters. The summed E-state index contributed by atoms with van der Waals surface area (Å²) in [5.74, 6) is 0.758. The molecule has 0 spiro atoms. The molecule has 2 nitrogen and oxygen atoms in total. The molecular weight excluding hydrogens is 184 g/mol. The third-order valence-corrected chi connectivity index (χ3v) is 4.51. The van der Waals surface area contributed by atoms with E-state index >= 15 is 0 Å². The summed E-state index contributed by atoms with van der Waals surface area (Å²) in [6, 6.07) is 0. The van der Waals surface area contributed by atoms with Crippen LogP contribution in [0.5, 0.6) is 0 Å². The lowest BCUT2D eigenvalue weighted by Crippen LogP contribution is -2.36. The van der Waals surface area contributed by atoms with Crippen LogP contribution in [0.2, 0.25) is 0 Å². The monoisotopic (exact) mass is 212 g/mol. The van der Waals surface area contributed by atoms with Gasteiger partial charge in [-0.1, -0.05) is 20.8 Å². The maximum Gasteiger partial charge on any atom is 0.00378 e. The Balaban J connectivity index is 2.45. The highest BCUT2D eigenvalue weighted by molar-refractivity contribution is 4.84. The molecule has 2 heteroatoms. The standard InChI is InChI=1S/C13H28N2/c1-4-13(5-2,6-3)11-15-8-7-12(9-14)10-15/h12H,4-11,14H2,1-3H3. The number of likely N-dealkylation sites (tertiary alicyclic amines) is 1. The molecule has 1 fully saturated rings. The van der Waals surface area contributed by atoms with Gasteiger partial charge in [0.05, 0.1) is 0 Å². The van der Waals surface area contributed by atoms with Crippen LogP contribution in [0.25, 0.3) is 0 Å². The summed E-state index contributed by atoms with van der Waals surface area (Å²) in [4.78, 5) is 2.63. The summed E-state index contributed by atoms with van der Waals surface area (Å²) >= 11 is 0. The second-order valence-electron chi connectivity index (χ2n) is 5.19. The van der Waals surface area contributed by atoms with Crippen LogP contribution in [0.1, 0.15) is 46.5 Å². The van der Waals surface area contributed by atoms with Gasteiger partial charge in [-0.25, -0.2) is 0 Å². The van der Waals surface area contributed by atoms with Crippen molar-refractivity contribution in [2.24, 2.45) is 17.1 Å². The Morgan fingerprint density at radius 2 is 1.80 bits per heavy atom. The largest absolute Gasteiger partial charge is 0.330 e. The van der Waals surface area contributed by atoms with Crippen LogP contribution in [0.15, 0.2) is 0 Å². The molecule has 15 heavy (non-hydrogen) atoms. The molecule has 1 saturated heterocycles. The zero-order chi connectivity index (χ0) is 11.3. The molecule has 1 aliphatic rings. The third kappa shape index (κ3) is 3.18. The second kappa shape index (κ2) is 5.86. The zero-order valence-electron chi connectivity index (χ0n) is 10.8. The van der Waals surface area contributed by atoms with Crippen LogP contribution in [-0.4, -0.2) is 31.1 Å². The SMILES string of the molecule is CCC(CC)(CC)CN1CCC(CN)C1. The quantitative estimate of drug-likeness (QED) is 0.733. The van der Waals surface area contributed by atoms with Crippen molar-refractivity contribution < 1.29 is 0 Å². The fourth-order valence-corrected chi connectivity index (χ4v) is 2.81. The number of hydrogen-bond donors (Lipinski definition) is 1. The Hall–Kier alpha value is -0.0800. The minimum Gasteiger partial charge on any atom is -0.330 e. The molecule has 0 aromatic carbocycles. The normalized spacial score (nSPS) is 23.6. The summed E-state index contributed by atoms with van der Waals surface area (Å²) in [6.07, 6.45) is 5.24. The average Bonchev–Trinajstić information content (AvgIpc) is 2.73. The van der Waals surface area contributed by atoms with Crippen LogP contribution in [-0.2, 0) is 0 Å². The third-order valence-electron chi connectivity index (χ3n) is 4.51. The van der Waals surface area contributed by atoms with Crippen molar-refractivity contribution in [3.8, 4) is 0 Å². The van der Waals surface area contributed by atoms with Crippen LogP contribution in [0.4, 0.5) is 0 Å². The Bertz CT molecular complexity index is 167. The molecule has 0 amide bonds. The molecular formula is C13H28N2. The summed E-state index contributed by atoms with van der Waals surface area (Å²) in [7, 11) is 0. The first-order valence-corrected chi connectivity index (χ1v) is 6.62. The van der Waals surface area contributed by atoms with E-state index < -0.39 is 0 Å². The van der Waals surface area contributed by atoms with Crippen LogP contribution in [0, 0.1) is 11.3 Å². The van der Waals surface area contributed by atoms with E-state index in [4.69, 9.17) is 5.73 Å². The van der Waals surface area contributed by atoms with Crippen molar-refractivity contribution in [1.82, 2.24) is 4.90 Å². The Morgan fingerprint density at radius 3 is 2.20 bits per heavy atom. The van der Waals surface area contributed by atoms with E-state index in [1.54, 1.807) is 0 Å². The number of hydrogen-bond acceptors (Lipinski definition) is 2. The van der Waals surface area contributed by atoms with E-state index in [2.05, 4.69) is 25.7 Å². The van der Waals surface area contributed by atoms with Crippen molar-refractivity contribution in [1.29, 1.82) is 0 Å². The Kier molecular flexibility index (Phi) is 5.07. The summed E-state index contributed by atoms with van der Waals surface area (Å²) in [5.41, 5.74) is 6.29. The molecule has 0 aromatic heterocycles. The van der Waals surface area contributed by atoms with Gasteiger partial charge in [-0.3, -0.25) is 0 Å². The smallest absolute Gasteiger partial charge is 0.00378 e. The Morgan fingerprint density at radius 1 is 1.20 bits per heavy atom. The van der Waals surface area contributed by atoms with Crippen LogP contribution in [0.3, 0.4) is 0 Å². The highest BCUT2D eigenvalue weighted by Gasteiger charge is 2.30. The molecule has 1 aliphatic heterocycles. The van der Waals surface area contributed by atoms with Gasteiger partial charge in [0.15, 0.2) is 0 Å². The number of nitrogens with zero attached hydrogens (tertiary/aromatic N) is 1. The first-order valence-electron chi connectivity index (χ1n) is 6.62. The maximum absolute atomic E-state index is 5.73. The lowest BCUT2D eigenvalue weighted by atomic mass is 9.79. The summed E-state index contributed by atoms with van der Waals surface area (Å²) in [5, 5.41) is 0. The lowest BCUT2D eigenvalue weighted by molar-refractivity contribution is 0.150. The van der Waals surface area contributed by atoms with E-state index in [9.17, 15) is 0 Å². The molecule has 1 heterocycles. The van der Waals surface area contributed by atoms with Gasteiger partial charge in [0.1, 0.15) is 0 Å². The molecule has 2 N–H and O–H groups in total. The molecule has 0 aliphatic carbocycles. The van der Waals surface area contributed by atoms with E-state index in [-0.39, 0.29) is 0 Å². The average molecular weight is 212 g/mol. The maximum atomic E-state index is 5.73. The minimum atomic E-state index is 0.559. The van der Waals surface area contributed by atoms with Gasteiger partial charge in [0.25, 0.3) is 0 Å². The van der Waals surface area contributed by atoms with Gasteiger partial charge in [-0.15, -0.1) is 0 Å². The van der Waals surface area contributed by atoms with Crippen LogP contribution < -0.4 is 5.73 Å². The van der Waals surface area contributed by atoms with Crippen molar-refractivity contribution >= 4 is 0 Å². The minimum absolute atomic E-state index is 0.559. The predicted molar refractivity (Wildman–Crippen MR) is 66.9 cm³/mol. The van der Waals surface area contributed by atoms with Gasteiger partial charge >= 0.3 is 0 Å². The first kappa shape index (κ1) is 13.0. The fourth-order valence-electron chi connectivity index (χ4n) is 2.81. The van der Waals surface area contributed by atoms with E-state index in [0.717, 1.165) is 12.5 Å². The fraction of sp³-hybridized carbons (Fsp3) is 1.00. The van der Waals surface area contributed by atoms with Gasteiger partial charge in [0.2, 0.25) is 0 Å². The van der Waals surface area contributed by atoms with Gasteiger partial charge in [0, 0.05) is 13.1 Å². The highest BCUT2D eigenvalue weighted by Crippen LogP contribution is 2.32. The number of rotatable bonds is 6. The lowest BCUT2D eigenvalue weighted by Gasteiger charge is -2.35. The van der Waals surface area contributed by atoms with Gasteiger partial charge in [-0.05, 0) is 50.1 Å². The van der Waals surface area contributed by atoms with E-state index in [0.29, 0.717) is 5.41 Å². The van der Waals surface area contributed by atoms with Crippen molar-refractivity contribution in [3.63, 3.8) is 0 Å². The van der Waals surface area contributed by atoms with Crippen molar-refractivity contribution in [2.75, 3.05) is 26.2 Å². The number of nitrogens with two attached hydrogens (primary N) is 1. The summed E-state index contributed by atoms with van der Waals surface area (Å²) in [6.45, 7) is 11.7. The first-order chi connectivity index (χ1) is 7.19.